The fraction of sp³-hybridized carbons (Fsp3) is 1.00. The summed E-state index contributed by atoms with van der Waals surface area (Å²) in [5.41, 5.74) is 0. The largest absolute Gasteiger partial charge is 0.344 e. The van der Waals surface area contributed by atoms with Crippen molar-refractivity contribution >= 4 is 7.60 Å². The van der Waals surface area contributed by atoms with Crippen LogP contribution in [0.4, 0.5) is 0 Å². The van der Waals surface area contributed by atoms with E-state index in [2.05, 4.69) is 5.32 Å². The SMILES string of the molecule is COP(=O)(O)[C@H]1NC[C@@H]2CCCC[C@@H]21. The number of hydrogen-bond donors (Lipinski definition) is 2. The summed E-state index contributed by atoms with van der Waals surface area (Å²) in [5.74, 6) is 0.613. The van der Waals surface area contributed by atoms with Gasteiger partial charge in [0.15, 0.2) is 0 Å². The second-order valence-corrected chi connectivity index (χ2v) is 6.36. The Balaban J connectivity index is 2.11. The van der Waals surface area contributed by atoms with E-state index in [9.17, 15) is 9.46 Å². The average molecular weight is 219 g/mol. The van der Waals surface area contributed by atoms with E-state index < -0.39 is 7.60 Å². The first kappa shape index (κ1) is 10.6. The Morgan fingerprint density at radius 2 is 2.14 bits per heavy atom. The molecule has 0 radical (unpaired) electrons. The van der Waals surface area contributed by atoms with E-state index in [1.165, 1.54) is 26.4 Å². The van der Waals surface area contributed by atoms with E-state index >= 15 is 0 Å². The van der Waals surface area contributed by atoms with Crippen LogP contribution < -0.4 is 5.32 Å². The first-order chi connectivity index (χ1) is 6.65. The lowest BCUT2D eigenvalue weighted by molar-refractivity contribution is 0.250. The molecular formula is C9H18NO3P. The molecule has 2 rings (SSSR count). The third-order valence-corrected chi connectivity index (χ3v) is 5.37. The van der Waals surface area contributed by atoms with Crippen molar-refractivity contribution in [2.45, 2.75) is 31.5 Å². The van der Waals surface area contributed by atoms with Crippen LogP contribution in [0.15, 0.2) is 0 Å². The quantitative estimate of drug-likeness (QED) is 0.692. The first-order valence-corrected chi connectivity index (χ1v) is 6.91. The Kier molecular flexibility index (Phi) is 2.98. The van der Waals surface area contributed by atoms with Gasteiger partial charge in [0.1, 0.15) is 5.78 Å². The van der Waals surface area contributed by atoms with Gasteiger partial charge in [0.2, 0.25) is 0 Å². The van der Waals surface area contributed by atoms with Gasteiger partial charge in [0, 0.05) is 7.11 Å². The van der Waals surface area contributed by atoms with Crippen LogP contribution in [0.2, 0.25) is 0 Å². The maximum Gasteiger partial charge on any atom is 0.344 e. The van der Waals surface area contributed by atoms with Crippen LogP contribution in [-0.4, -0.2) is 24.3 Å². The summed E-state index contributed by atoms with van der Waals surface area (Å²) in [7, 11) is -2.10. The molecule has 2 N–H and O–H groups in total. The summed E-state index contributed by atoms with van der Waals surface area (Å²) >= 11 is 0. The van der Waals surface area contributed by atoms with Crippen molar-refractivity contribution in [3.8, 4) is 0 Å². The van der Waals surface area contributed by atoms with Crippen molar-refractivity contribution < 1.29 is 14.0 Å². The van der Waals surface area contributed by atoms with E-state index in [0.29, 0.717) is 11.8 Å². The smallest absolute Gasteiger partial charge is 0.323 e. The molecule has 0 spiro atoms. The Morgan fingerprint density at radius 1 is 1.43 bits per heavy atom. The van der Waals surface area contributed by atoms with Gasteiger partial charge in [0.25, 0.3) is 0 Å². The highest BCUT2D eigenvalue weighted by Gasteiger charge is 2.46. The van der Waals surface area contributed by atoms with Crippen molar-refractivity contribution in [1.82, 2.24) is 5.32 Å². The molecule has 0 aromatic heterocycles. The molecule has 4 atom stereocenters. The fourth-order valence-electron chi connectivity index (χ4n) is 2.80. The lowest BCUT2D eigenvalue weighted by atomic mass is 9.82. The van der Waals surface area contributed by atoms with Crippen molar-refractivity contribution in [2.75, 3.05) is 13.7 Å². The van der Waals surface area contributed by atoms with Crippen LogP contribution in [0.1, 0.15) is 25.7 Å². The first-order valence-electron chi connectivity index (χ1n) is 5.27. The molecular weight excluding hydrogens is 201 g/mol. The van der Waals surface area contributed by atoms with Gasteiger partial charge >= 0.3 is 7.60 Å². The maximum atomic E-state index is 11.7. The van der Waals surface area contributed by atoms with Gasteiger partial charge in [-0.25, -0.2) is 0 Å². The van der Waals surface area contributed by atoms with Gasteiger partial charge in [-0.05, 0) is 31.2 Å². The summed E-state index contributed by atoms with van der Waals surface area (Å²) < 4.78 is 16.4. The van der Waals surface area contributed by atoms with E-state index in [-0.39, 0.29) is 5.78 Å². The van der Waals surface area contributed by atoms with Gasteiger partial charge in [-0.2, -0.15) is 0 Å². The summed E-state index contributed by atoms with van der Waals surface area (Å²) in [6, 6.07) is 0. The van der Waals surface area contributed by atoms with Crippen LogP contribution in [0.5, 0.6) is 0 Å². The van der Waals surface area contributed by atoms with Gasteiger partial charge in [-0.15, -0.1) is 0 Å². The maximum absolute atomic E-state index is 11.7. The molecule has 1 aliphatic carbocycles. The molecule has 82 valence electrons. The molecule has 14 heavy (non-hydrogen) atoms. The Labute approximate surface area is 84.6 Å². The summed E-state index contributed by atoms with van der Waals surface area (Å²) in [5, 5.41) is 3.15. The molecule has 4 nitrogen and oxygen atoms in total. The minimum absolute atomic E-state index is 0.321. The predicted molar refractivity (Wildman–Crippen MR) is 54.1 cm³/mol. The second-order valence-electron chi connectivity index (χ2n) is 4.31. The van der Waals surface area contributed by atoms with Crippen molar-refractivity contribution in [2.24, 2.45) is 11.8 Å². The molecule has 1 unspecified atom stereocenters. The zero-order valence-corrected chi connectivity index (χ0v) is 9.37. The monoisotopic (exact) mass is 219 g/mol. The summed E-state index contributed by atoms with van der Waals surface area (Å²) in [6.07, 6.45) is 4.70. The Morgan fingerprint density at radius 3 is 2.86 bits per heavy atom. The van der Waals surface area contributed by atoms with E-state index in [1.54, 1.807) is 0 Å². The molecule has 0 bridgehead atoms. The van der Waals surface area contributed by atoms with Crippen LogP contribution in [-0.2, 0) is 9.09 Å². The zero-order valence-electron chi connectivity index (χ0n) is 8.48. The molecule has 0 amide bonds. The molecule has 5 heteroatoms. The number of hydrogen-bond acceptors (Lipinski definition) is 3. The van der Waals surface area contributed by atoms with Gasteiger partial charge in [-0.3, -0.25) is 4.57 Å². The highest BCUT2D eigenvalue weighted by Crippen LogP contribution is 2.54. The second kappa shape index (κ2) is 3.93. The molecule has 2 aliphatic rings. The summed E-state index contributed by atoms with van der Waals surface area (Å²) in [6.45, 7) is 0.878. The Bertz CT molecular complexity index is 258. The van der Waals surface area contributed by atoms with Gasteiger partial charge < -0.3 is 14.7 Å². The molecule has 1 saturated carbocycles. The van der Waals surface area contributed by atoms with Gasteiger partial charge in [0.05, 0.1) is 0 Å². The molecule has 1 heterocycles. The zero-order chi connectivity index (χ0) is 10.2. The van der Waals surface area contributed by atoms with E-state index in [1.807, 2.05) is 0 Å². The number of nitrogens with one attached hydrogen (secondary N) is 1. The van der Waals surface area contributed by atoms with Gasteiger partial charge in [-0.1, -0.05) is 12.8 Å². The molecule has 1 aliphatic heterocycles. The molecule has 0 aromatic rings. The van der Waals surface area contributed by atoms with Crippen LogP contribution in [0.3, 0.4) is 0 Å². The average Bonchev–Trinajstić information content (AvgIpc) is 2.61. The third kappa shape index (κ3) is 1.76. The number of rotatable bonds is 2. The minimum Gasteiger partial charge on any atom is -0.323 e. The van der Waals surface area contributed by atoms with Crippen molar-refractivity contribution in [3.05, 3.63) is 0 Å². The standard InChI is InChI=1S/C9H18NO3P/c1-13-14(11,12)9-8-5-3-2-4-7(8)6-10-9/h7-10H,2-6H2,1H3,(H,11,12)/t7-,8-,9+/m0/s1. The lowest BCUT2D eigenvalue weighted by Gasteiger charge is -2.29. The molecule has 2 fully saturated rings. The van der Waals surface area contributed by atoms with Crippen LogP contribution in [0, 0.1) is 11.8 Å². The van der Waals surface area contributed by atoms with Crippen molar-refractivity contribution in [3.63, 3.8) is 0 Å². The fourth-order valence-corrected chi connectivity index (χ4v) is 4.24. The molecule has 0 aromatic carbocycles. The minimum atomic E-state index is -3.42. The Hall–Kier alpha value is 0.110. The highest BCUT2D eigenvalue weighted by molar-refractivity contribution is 7.53. The van der Waals surface area contributed by atoms with Crippen LogP contribution >= 0.6 is 7.60 Å². The van der Waals surface area contributed by atoms with Crippen molar-refractivity contribution in [1.29, 1.82) is 0 Å². The van der Waals surface area contributed by atoms with Crippen LogP contribution in [0.25, 0.3) is 0 Å². The number of fused-ring (bicyclic) bond motifs is 1. The van der Waals surface area contributed by atoms with E-state index in [4.69, 9.17) is 4.52 Å². The topological polar surface area (TPSA) is 58.6 Å². The molecule has 1 saturated heterocycles. The normalized spacial score (nSPS) is 41.7. The predicted octanol–water partition coefficient (Wildman–Crippen LogP) is 1.55. The lowest BCUT2D eigenvalue weighted by Crippen LogP contribution is -2.28. The highest BCUT2D eigenvalue weighted by atomic mass is 31.2. The third-order valence-electron chi connectivity index (χ3n) is 3.58. The summed E-state index contributed by atoms with van der Waals surface area (Å²) in [4.78, 5) is 9.63. The van der Waals surface area contributed by atoms with E-state index in [0.717, 1.165) is 13.0 Å².